The lowest BCUT2D eigenvalue weighted by atomic mass is 9.93. The lowest BCUT2D eigenvalue weighted by Crippen LogP contribution is -2.41. The van der Waals surface area contributed by atoms with Crippen molar-refractivity contribution < 1.29 is 19.2 Å². The molecule has 0 radical (unpaired) electrons. The average Bonchev–Trinajstić information content (AvgIpc) is 3.25. The maximum Gasteiger partial charge on any atom is 0.338 e. The van der Waals surface area contributed by atoms with Crippen LogP contribution in [0.5, 0.6) is 0 Å². The van der Waals surface area contributed by atoms with Gasteiger partial charge in [0.1, 0.15) is 0 Å². The summed E-state index contributed by atoms with van der Waals surface area (Å²) in [5.41, 5.74) is 2.03. The molecule has 35 heavy (non-hydrogen) atoms. The van der Waals surface area contributed by atoms with E-state index in [0.717, 1.165) is 25.7 Å². The Balaban J connectivity index is 1.69. The van der Waals surface area contributed by atoms with Gasteiger partial charge in [-0.1, -0.05) is 43.2 Å². The molecular formula is C25H30N4O5S. The molecular weight excluding hydrogens is 468 g/mol. The predicted molar refractivity (Wildman–Crippen MR) is 134 cm³/mol. The second-order valence-electron chi connectivity index (χ2n) is 8.94. The Morgan fingerprint density at radius 3 is 2.71 bits per heavy atom. The highest BCUT2D eigenvalue weighted by Gasteiger charge is 2.42. The summed E-state index contributed by atoms with van der Waals surface area (Å²) < 4.78 is 5.34. The van der Waals surface area contributed by atoms with Crippen LogP contribution in [0.3, 0.4) is 0 Å². The third-order valence-electron chi connectivity index (χ3n) is 6.74. The molecule has 1 amide bonds. The highest BCUT2D eigenvalue weighted by molar-refractivity contribution is 8.16. The Morgan fingerprint density at radius 1 is 1.29 bits per heavy atom. The summed E-state index contributed by atoms with van der Waals surface area (Å²) in [7, 11) is 1.86. The number of ether oxygens (including phenoxy) is 1. The van der Waals surface area contributed by atoms with Crippen molar-refractivity contribution in [3.8, 4) is 0 Å². The van der Waals surface area contributed by atoms with Gasteiger partial charge in [-0.2, -0.15) is 0 Å². The number of amides is 1. The molecule has 0 spiro atoms. The number of carbonyl (C=O) groups is 2. The average molecular weight is 499 g/mol. The van der Waals surface area contributed by atoms with Crippen LogP contribution < -0.4 is 0 Å². The van der Waals surface area contributed by atoms with Gasteiger partial charge in [-0.3, -0.25) is 14.9 Å². The predicted octanol–water partition coefficient (Wildman–Crippen LogP) is 4.91. The third-order valence-corrected chi connectivity index (χ3v) is 7.63. The molecule has 0 N–H and O–H groups in total. The number of nitrogens with zero attached hydrogens (tertiary/aromatic N) is 4. The standard InChI is InChI=1S/C25H30N4O5S/c1-4-34-24(31)22-16(2)26-25-28(23(22)17-9-8-12-19(13-17)29(32)33)20(15-35-25)14-21(30)27(3)18-10-6-5-7-11-18/h8-9,12-13,15,18,23H,4-7,10-11,14H2,1-3H3/t23-/m1/s1. The zero-order chi connectivity index (χ0) is 25.1. The van der Waals surface area contributed by atoms with E-state index in [4.69, 9.17) is 4.74 Å². The van der Waals surface area contributed by atoms with E-state index < -0.39 is 16.9 Å². The number of thioether (sulfide) groups is 1. The Labute approximate surface area is 209 Å². The quantitative estimate of drug-likeness (QED) is 0.299. The maximum atomic E-state index is 13.3. The molecule has 3 aliphatic rings. The van der Waals surface area contributed by atoms with Crippen molar-refractivity contribution in [2.75, 3.05) is 13.7 Å². The molecule has 2 heterocycles. The number of hydrogen-bond acceptors (Lipinski definition) is 8. The molecule has 0 unspecified atom stereocenters. The van der Waals surface area contributed by atoms with Gasteiger partial charge in [0, 0.05) is 30.9 Å². The molecule has 2 aliphatic heterocycles. The summed E-state index contributed by atoms with van der Waals surface area (Å²) >= 11 is 1.39. The number of esters is 1. The van der Waals surface area contributed by atoms with Crippen molar-refractivity contribution in [1.82, 2.24) is 9.80 Å². The van der Waals surface area contributed by atoms with Gasteiger partial charge in [-0.25, -0.2) is 9.79 Å². The molecule has 0 saturated heterocycles. The van der Waals surface area contributed by atoms with Gasteiger partial charge in [-0.15, -0.1) is 0 Å². The van der Waals surface area contributed by atoms with Gasteiger partial charge in [0.2, 0.25) is 5.91 Å². The summed E-state index contributed by atoms with van der Waals surface area (Å²) in [5.74, 6) is -0.516. The second-order valence-corrected chi connectivity index (χ2v) is 9.78. The van der Waals surface area contributed by atoms with Crippen LogP contribution in [0.15, 0.2) is 51.6 Å². The number of non-ortho nitro benzene ring substituents is 1. The number of amidine groups is 1. The van der Waals surface area contributed by atoms with Crippen molar-refractivity contribution in [3.63, 3.8) is 0 Å². The number of benzene rings is 1. The third kappa shape index (κ3) is 5.12. The molecule has 1 aliphatic carbocycles. The number of allylic oxidation sites excluding steroid dienone is 1. The summed E-state index contributed by atoms with van der Waals surface area (Å²) in [6, 6.07) is 5.80. The Morgan fingerprint density at radius 2 is 2.03 bits per heavy atom. The highest BCUT2D eigenvalue weighted by atomic mass is 32.2. The number of nitro groups is 1. The summed E-state index contributed by atoms with van der Waals surface area (Å²) in [6.07, 6.45) is 5.65. The number of fused-ring (bicyclic) bond motifs is 1. The number of rotatable bonds is 7. The Bertz CT molecular complexity index is 1120. The molecule has 0 aromatic heterocycles. The van der Waals surface area contributed by atoms with Gasteiger partial charge in [0.25, 0.3) is 5.69 Å². The SMILES string of the molecule is CCOC(=O)C1=C(C)N=C2SC=C(CC(=O)N(C)C3CCCCC3)N2[C@@H]1c1cccc([N+](=O)[O-])c1. The largest absolute Gasteiger partial charge is 0.463 e. The normalized spacial score (nSPS) is 20.2. The van der Waals surface area contributed by atoms with Gasteiger partial charge in [0.05, 0.1) is 35.3 Å². The van der Waals surface area contributed by atoms with Crippen LogP contribution in [-0.2, 0) is 14.3 Å². The number of carbonyl (C=O) groups excluding carboxylic acids is 2. The maximum absolute atomic E-state index is 13.3. The molecule has 4 rings (SSSR count). The number of hydrogen-bond donors (Lipinski definition) is 0. The van der Waals surface area contributed by atoms with Gasteiger partial charge < -0.3 is 14.5 Å². The van der Waals surface area contributed by atoms with E-state index in [1.165, 1.54) is 30.3 Å². The van der Waals surface area contributed by atoms with E-state index in [-0.39, 0.29) is 30.7 Å². The van der Waals surface area contributed by atoms with E-state index in [1.807, 2.05) is 22.3 Å². The Hall–Kier alpha value is -3.14. The highest BCUT2D eigenvalue weighted by Crippen LogP contribution is 2.45. The van der Waals surface area contributed by atoms with Crippen LogP contribution in [0, 0.1) is 10.1 Å². The second kappa shape index (κ2) is 10.6. The van der Waals surface area contributed by atoms with E-state index >= 15 is 0 Å². The molecule has 1 atom stereocenters. The van der Waals surface area contributed by atoms with E-state index in [0.29, 0.717) is 27.7 Å². The smallest absolute Gasteiger partial charge is 0.338 e. The van der Waals surface area contributed by atoms with E-state index in [9.17, 15) is 19.7 Å². The van der Waals surface area contributed by atoms with E-state index in [1.54, 1.807) is 26.0 Å². The number of aliphatic imine (C=N–C) groups is 1. The van der Waals surface area contributed by atoms with Gasteiger partial charge in [0.15, 0.2) is 5.17 Å². The van der Waals surface area contributed by atoms with Gasteiger partial charge >= 0.3 is 5.97 Å². The van der Waals surface area contributed by atoms with Crippen molar-refractivity contribution in [2.24, 2.45) is 4.99 Å². The first-order valence-corrected chi connectivity index (χ1v) is 12.8. The first-order valence-electron chi connectivity index (χ1n) is 11.9. The van der Waals surface area contributed by atoms with Crippen molar-refractivity contribution in [1.29, 1.82) is 0 Å². The lowest BCUT2D eigenvalue weighted by Gasteiger charge is -2.37. The fourth-order valence-electron chi connectivity index (χ4n) is 4.92. The Kier molecular flexibility index (Phi) is 7.59. The van der Waals surface area contributed by atoms with Crippen LogP contribution in [0.1, 0.15) is 64.0 Å². The van der Waals surface area contributed by atoms with Crippen LogP contribution in [0.2, 0.25) is 0 Å². The zero-order valence-corrected chi connectivity index (χ0v) is 21.0. The minimum atomic E-state index is -0.685. The fraction of sp³-hybridized carbons (Fsp3) is 0.480. The number of nitro benzene ring substituents is 1. The molecule has 1 aromatic carbocycles. The first kappa shape index (κ1) is 25.0. The fourth-order valence-corrected chi connectivity index (χ4v) is 5.88. The van der Waals surface area contributed by atoms with Crippen LogP contribution >= 0.6 is 11.8 Å². The summed E-state index contributed by atoms with van der Waals surface area (Å²) in [4.78, 5) is 45.6. The van der Waals surface area contributed by atoms with Crippen LogP contribution in [0.4, 0.5) is 5.69 Å². The summed E-state index contributed by atoms with van der Waals surface area (Å²) in [5, 5.41) is 14.0. The van der Waals surface area contributed by atoms with Crippen LogP contribution in [-0.4, -0.2) is 51.5 Å². The summed E-state index contributed by atoms with van der Waals surface area (Å²) in [6.45, 7) is 3.65. The molecule has 1 aromatic rings. The van der Waals surface area contributed by atoms with E-state index in [2.05, 4.69) is 4.99 Å². The monoisotopic (exact) mass is 498 g/mol. The minimum absolute atomic E-state index is 0.00625. The van der Waals surface area contributed by atoms with Crippen molar-refractivity contribution in [2.45, 2.75) is 64.5 Å². The molecule has 186 valence electrons. The van der Waals surface area contributed by atoms with Crippen molar-refractivity contribution in [3.05, 3.63) is 62.3 Å². The molecule has 1 saturated carbocycles. The molecule has 10 heteroatoms. The topological polar surface area (TPSA) is 105 Å². The minimum Gasteiger partial charge on any atom is -0.463 e. The molecule has 1 fully saturated rings. The lowest BCUT2D eigenvalue weighted by molar-refractivity contribution is -0.384. The molecule has 0 bridgehead atoms. The zero-order valence-electron chi connectivity index (χ0n) is 20.2. The molecule has 9 nitrogen and oxygen atoms in total. The van der Waals surface area contributed by atoms with Gasteiger partial charge in [-0.05, 0) is 37.7 Å². The van der Waals surface area contributed by atoms with Crippen molar-refractivity contribution >= 4 is 34.5 Å². The van der Waals surface area contributed by atoms with Crippen LogP contribution in [0.25, 0.3) is 0 Å². The first-order chi connectivity index (χ1) is 16.8.